The molecule has 3 N–H and O–H groups in total. The minimum Gasteiger partial charge on any atom is -0.493 e. The predicted octanol–water partition coefficient (Wildman–Crippen LogP) is 3.97. The molecule has 0 radical (unpaired) electrons. The second-order valence-electron chi connectivity index (χ2n) is 7.69. The number of nitrogens with zero attached hydrogens (tertiary/aromatic N) is 1. The number of aliphatic hydroxyl groups excluding tert-OH is 1. The van der Waals surface area contributed by atoms with Crippen LogP contribution in [0, 0.1) is 5.41 Å². The minimum absolute atomic E-state index is 0. The van der Waals surface area contributed by atoms with Crippen LogP contribution in [0.3, 0.4) is 0 Å². The van der Waals surface area contributed by atoms with Gasteiger partial charge in [-0.05, 0) is 50.7 Å². The molecule has 1 fully saturated rings. The largest absolute Gasteiger partial charge is 0.493 e. The number of aliphatic imine (C=N–C) groups is 1. The van der Waals surface area contributed by atoms with E-state index in [1.807, 2.05) is 31.2 Å². The van der Waals surface area contributed by atoms with Gasteiger partial charge in [-0.25, -0.2) is 0 Å². The van der Waals surface area contributed by atoms with Crippen LogP contribution in [0.1, 0.15) is 52.4 Å². The molecule has 0 aromatic heterocycles. The highest BCUT2D eigenvalue weighted by molar-refractivity contribution is 14.0. The van der Waals surface area contributed by atoms with Crippen molar-refractivity contribution in [2.45, 2.75) is 58.5 Å². The van der Waals surface area contributed by atoms with Crippen molar-refractivity contribution in [2.24, 2.45) is 10.4 Å². The summed E-state index contributed by atoms with van der Waals surface area (Å²) in [6, 6.07) is 7.68. The molecular formula is C22H38IN3O3. The average molecular weight is 519 g/mol. The summed E-state index contributed by atoms with van der Waals surface area (Å²) in [5.41, 5.74) is 0.148. The number of guanidine groups is 1. The van der Waals surface area contributed by atoms with Gasteiger partial charge in [0.15, 0.2) is 17.5 Å². The van der Waals surface area contributed by atoms with E-state index in [1.165, 1.54) is 19.3 Å². The quantitative estimate of drug-likeness (QED) is 0.248. The summed E-state index contributed by atoms with van der Waals surface area (Å²) in [4.78, 5) is 4.84. The van der Waals surface area contributed by atoms with Crippen LogP contribution in [0.4, 0.5) is 0 Å². The van der Waals surface area contributed by atoms with E-state index in [4.69, 9.17) is 14.5 Å². The summed E-state index contributed by atoms with van der Waals surface area (Å²) >= 11 is 0. The Bertz CT molecular complexity index is 601. The minimum atomic E-state index is -0.0405. The maximum atomic E-state index is 9.50. The molecule has 166 valence electrons. The highest BCUT2D eigenvalue weighted by Crippen LogP contribution is 2.39. The molecule has 1 atom stereocenters. The van der Waals surface area contributed by atoms with Crippen LogP contribution in [0.15, 0.2) is 29.3 Å². The Morgan fingerprint density at radius 1 is 1.17 bits per heavy atom. The van der Waals surface area contributed by atoms with Crippen molar-refractivity contribution in [3.8, 4) is 11.5 Å². The van der Waals surface area contributed by atoms with Crippen LogP contribution in [-0.2, 0) is 0 Å². The highest BCUT2D eigenvalue weighted by Gasteiger charge is 2.31. The summed E-state index contributed by atoms with van der Waals surface area (Å²) in [6.45, 7) is 6.53. The van der Waals surface area contributed by atoms with Gasteiger partial charge in [0, 0.05) is 19.7 Å². The fourth-order valence-corrected chi connectivity index (χ4v) is 3.83. The first-order valence-corrected chi connectivity index (χ1v) is 10.5. The summed E-state index contributed by atoms with van der Waals surface area (Å²) in [6.07, 6.45) is 6.89. The molecule has 1 aliphatic rings. The van der Waals surface area contributed by atoms with E-state index < -0.39 is 0 Å². The van der Waals surface area contributed by atoms with Crippen LogP contribution < -0.4 is 20.1 Å². The topological polar surface area (TPSA) is 75.1 Å². The van der Waals surface area contributed by atoms with Crippen molar-refractivity contribution < 1.29 is 14.6 Å². The van der Waals surface area contributed by atoms with Crippen molar-refractivity contribution in [2.75, 3.05) is 33.4 Å². The van der Waals surface area contributed by atoms with Gasteiger partial charge >= 0.3 is 0 Å². The number of ether oxygens (including phenoxy) is 2. The van der Waals surface area contributed by atoms with Gasteiger partial charge < -0.3 is 25.2 Å². The third kappa shape index (κ3) is 8.58. The van der Waals surface area contributed by atoms with E-state index in [0.717, 1.165) is 49.8 Å². The van der Waals surface area contributed by atoms with Crippen molar-refractivity contribution in [1.29, 1.82) is 0 Å². The van der Waals surface area contributed by atoms with Crippen LogP contribution in [0.5, 0.6) is 11.5 Å². The van der Waals surface area contributed by atoms with E-state index in [-0.39, 0.29) is 42.1 Å². The lowest BCUT2D eigenvalue weighted by atomic mass is 9.72. The Kier molecular flexibility index (Phi) is 12.4. The molecule has 0 amide bonds. The Hall–Kier alpha value is -1.22. The smallest absolute Gasteiger partial charge is 0.191 e. The Labute approximate surface area is 192 Å². The first-order valence-electron chi connectivity index (χ1n) is 10.5. The van der Waals surface area contributed by atoms with Crippen LogP contribution >= 0.6 is 24.0 Å². The molecule has 0 heterocycles. The molecule has 0 spiro atoms. The molecule has 1 aliphatic carbocycles. The molecule has 0 bridgehead atoms. The van der Waals surface area contributed by atoms with Gasteiger partial charge in [-0.2, -0.15) is 0 Å². The Morgan fingerprint density at radius 3 is 2.48 bits per heavy atom. The Morgan fingerprint density at radius 2 is 1.86 bits per heavy atom. The number of hydrogen-bond acceptors (Lipinski definition) is 4. The molecule has 29 heavy (non-hydrogen) atoms. The normalized spacial score (nSPS) is 17.0. The first-order chi connectivity index (χ1) is 13.6. The zero-order valence-electron chi connectivity index (χ0n) is 18.1. The lowest BCUT2D eigenvalue weighted by Gasteiger charge is -2.35. The van der Waals surface area contributed by atoms with E-state index in [9.17, 15) is 5.11 Å². The van der Waals surface area contributed by atoms with E-state index in [0.29, 0.717) is 6.54 Å². The number of methoxy groups -OCH3 is 1. The van der Waals surface area contributed by atoms with Gasteiger partial charge in [0.1, 0.15) is 6.10 Å². The van der Waals surface area contributed by atoms with Crippen LogP contribution in [-0.4, -0.2) is 50.5 Å². The lowest BCUT2D eigenvalue weighted by Crippen LogP contribution is -2.42. The number of hydrogen-bond donors (Lipinski definition) is 3. The number of aliphatic hydroxyl groups is 1. The van der Waals surface area contributed by atoms with Crippen molar-refractivity contribution in [3.63, 3.8) is 0 Å². The fourth-order valence-electron chi connectivity index (χ4n) is 3.83. The summed E-state index contributed by atoms with van der Waals surface area (Å²) in [7, 11) is 1.65. The summed E-state index contributed by atoms with van der Waals surface area (Å²) in [5, 5.41) is 16.2. The van der Waals surface area contributed by atoms with Gasteiger partial charge in [-0.3, -0.25) is 4.99 Å². The monoisotopic (exact) mass is 519 g/mol. The first kappa shape index (κ1) is 25.8. The number of halogens is 1. The maximum Gasteiger partial charge on any atom is 0.191 e. The van der Waals surface area contributed by atoms with Gasteiger partial charge in [0.2, 0.25) is 0 Å². The second-order valence-corrected chi connectivity index (χ2v) is 7.69. The zero-order chi connectivity index (χ0) is 20.2. The molecule has 1 unspecified atom stereocenters. The van der Waals surface area contributed by atoms with Gasteiger partial charge in [-0.1, -0.05) is 31.4 Å². The SMILES string of the molecule is CCNC(=NCC1(CCO)CCCCC1)NCC(C)Oc1ccccc1OC.I. The maximum absolute atomic E-state index is 9.50. The number of para-hydroxylation sites is 2. The van der Waals surface area contributed by atoms with Gasteiger partial charge in [-0.15, -0.1) is 24.0 Å². The van der Waals surface area contributed by atoms with E-state index in [1.54, 1.807) is 7.11 Å². The number of benzene rings is 1. The van der Waals surface area contributed by atoms with Crippen molar-refractivity contribution in [1.82, 2.24) is 10.6 Å². The molecular weight excluding hydrogens is 481 g/mol. The standard InChI is InChI=1S/C22H37N3O3.HI/c1-4-23-21(25-17-22(14-15-26)12-8-5-9-13-22)24-16-18(2)28-20-11-7-6-10-19(20)27-3;/h6-7,10-11,18,26H,4-5,8-9,12-17H2,1-3H3,(H2,23,24,25);1H. The third-order valence-corrected chi connectivity index (χ3v) is 5.43. The van der Waals surface area contributed by atoms with Crippen LogP contribution in [0.2, 0.25) is 0 Å². The van der Waals surface area contributed by atoms with E-state index >= 15 is 0 Å². The lowest BCUT2D eigenvalue weighted by molar-refractivity contribution is 0.137. The number of rotatable bonds is 10. The molecule has 1 saturated carbocycles. The summed E-state index contributed by atoms with van der Waals surface area (Å²) in [5.74, 6) is 2.28. The fraction of sp³-hybridized carbons (Fsp3) is 0.682. The van der Waals surface area contributed by atoms with E-state index in [2.05, 4.69) is 17.6 Å². The number of nitrogens with one attached hydrogen (secondary N) is 2. The van der Waals surface area contributed by atoms with Crippen molar-refractivity contribution in [3.05, 3.63) is 24.3 Å². The molecule has 6 nitrogen and oxygen atoms in total. The molecule has 1 aromatic rings. The highest BCUT2D eigenvalue weighted by atomic mass is 127. The zero-order valence-corrected chi connectivity index (χ0v) is 20.4. The molecule has 2 rings (SSSR count). The molecule has 7 heteroatoms. The van der Waals surface area contributed by atoms with Crippen LogP contribution in [0.25, 0.3) is 0 Å². The van der Waals surface area contributed by atoms with Crippen molar-refractivity contribution >= 4 is 29.9 Å². The molecule has 0 aliphatic heterocycles. The Balaban J connectivity index is 0.00000420. The average Bonchev–Trinajstić information content (AvgIpc) is 2.71. The second kappa shape index (κ2) is 13.9. The summed E-state index contributed by atoms with van der Waals surface area (Å²) < 4.78 is 11.4. The predicted molar refractivity (Wildman–Crippen MR) is 130 cm³/mol. The van der Waals surface area contributed by atoms with Gasteiger partial charge in [0.25, 0.3) is 0 Å². The third-order valence-electron chi connectivity index (χ3n) is 5.43. The molecule has 0 saturated heterocycles. The van der Waals surface area contributed by atoms with Gasteiger partial charge in [0.05, 0.1) is 13.7 Å². The molecule has 1 aromatic carbocycles.